The number of nitro benzene ring substituents is 2. The van der Waals surface area contributed by atoms with Gasteiger partial charge in [0, 0.05) is 30.9 Å². The van der Waals surface area contributed by atoms with Crippen molar-refractivity contribution in [2.45, 2.75) is 26.2 Å². The van der Waals surface area contributed by atoms with Gasteiger partial charge in [0.1, 0.15) is 5.69 Å². The number of aliphatic imine (C=N–C) groups is 1. The van der Waals surface area contributed by atoms with E-state index in [0.29, 0.717) is 5.56 Å². The normalized spacial score (nSPS) is 11.6. The number of allylic oxidation sites excluding steroid dienone is 3. The number of nitrogens with zero attached hydrogens (tertiary/aromatic N) is 4. The first-order valence-corrected chi connectivity index (χ1v) is 9.71. The number of amides is 1. The van der Waals surface area contributed by atoms with Crippen LogP contribution in [0.2, 0.25) is 0 Å². The van der Waals surface area contributed by atoms with E-state index in [2.05, 4.69) is 20.8 Å². The Balaban J connectivity index is 2.07. The van der Waals surface area contributed by atoms with E-state index in [0.717, 1.165) is 37.0 Å². The van der Waals surface area contributed by atoms with Crippen molar-refractivity contribution in [3.63, 3.8) is 0 Å². The third-order valence-corrected chi connectivity index (χ3v) is 4.16. The molecule has 0 bridgehead atoms. The molecule has 2 N–H and O–H groups in total. The molecule has 0 saturated heterocycles. The van der Waals surface area contributed by atoms with Crippen LogP contribution in [0.15, 0.2) is 71.6 Å². The summed E-state index contributed by atoms with van der Waals surface area (Å²) in [6.07, 6.45) is 12.0. The minimum Gasteiger partial charge on any atom is -0.305 e. The minimum absolute atomic E-state index is 0.00574. The first kappa shape index (κ1) is 23.9. The quantitative estimate of drug-likeness (QED) is 0.231. The molecule has 0 aliphatic heterocycles. The molecule has 0 fully saturated rings. The summed E-state index contributed by atoms with van der Waals surface area (Å²) in [4.78, 5) is 40.5. The summed E-state index contributed by atoms with van der Waals surface area (Å²) in [6, 6.07) is 6.56. The molecule has 1 amide bonds. The van der Waals surface area contributed by atoms with Crippen LogP contribution in [0.1, 0.15) is 36.5 Å². The Morgan fingerprint density at radius 3 is 2.69 bits per heavy atom. The minimum atomic E-state index is -0.717. The number of rotatable bonds is 11. The summed E-state index contributed by atoms with van der Waals surface area (Å²) in [5.74, 6) is -0.333. The lowest BCUT2D eigenvalue weighted by molar-refractivity contribution is -0.393. The largest absolute Gasteiger partial charge is 0.305 e. The number of nitro groups is 2. The molecule has 0 aliphatic rings. The Kier molecular flexibility index (Phi) is 9.19. The lowest BCUT2D eigenvalue weighted by atomic mass is 10.1. The van der Waals surface area contributed by atoms with Crippen molar-refractivity contribution in [2.75, 3.05) is 0 Å². The molecule has 11 heteroatoms. The van der Waals surface area contributed by atoms with Gasteiger partial charge in [-0.25, -0.2) is 4.99 Å². The molecule has 2 rings (SSSR count). The molecule has 0 unspecified atom stereocenters. The zero-order valence-corrected chi connectivity index (χ0v) is 17.3. The second kappa shape index (κ2) is 12.3. The fourth-order valence-electron chi connectivity index (χ4n) is 2.52. The van der Waals surface area contributed by atoms with Crippen molar-refractivity contribution in [3.8, 4) is 0 Å². The van der Waals surface area contributed by atoms with Crippen molar-refractivity contribution < 1.29 is 14.6 Å². The Labute approximate surface area is 183 Å². The maximum absolute atomic E-state index is 12.0. The van der Waals surface area contributed by atoms with E-state index in [4.69, 9.17) is 0 Å². The van der Waals surface area contributed by atoms with Crippen LogP contribution < -0.4 is 10.9 Å². The average Bonchev–Trinajstić information content (AvgIpc) is 2.79. The van der Waals surface area contributed by atoms with Gasteiger partial charge in [-0.3, -0.25) is 35.4 Å². The highest BCUT2D eigenvalue weighted by molar-refractivity contribution is 5.93. The number of aromatic nitrogens is 1. The van der Waals surface area contributed by atoms with Gasteiger partial charge in [-0.1, -0.05) is 19.4 Å². The van der Waals surface area contributed by atoms with E-state index in [1.165, 1.54) is 18.5 Å². The van der Waals surface area contributed by atoms with Gasteiger partial charge in [0.2, 0.25) is 0 Å². The first-order chi connectivity index (χ1) is 15.4. The highest BCUT2D eigenvalue weighted by Gasteiger charge is 2.18. The fraction of sp³-hybridized carbons (Fsp3) is 0.190. The van der Waals surface area contributed by atoms with Crippen LogP contribution in [0, 0.1) is 20.2 Å². The molecule has 2 aromatic rings. The number of hydrogen-bond acceptors (Lipinski definition) is 8. The van der Waals surface area contributed by atoms with Gasteiger partial charge in [-0.2, -0.15) is 0 Å². The van der Waals surface area contributed by atoms with E-state index < -0.39 is 15.5 Å². The molecule has 11 nitrogen and oxygen atoms in total. The summed E-state index contributed by atoms with van der Waals surface area (Å²) in [7, 11) is 0. The highest BCUT2D eigenvalue weighted by atomic mass is 16.6. The predicted molar refractivity (Wildman–Crippen MR) is 119 cm³/mol. The second-order valence-corrected chi connectivity index (χ2v) is 6.49. The van der Waals surface area contributed by atoms with Gasteiger partial charge in [-0.15, -0.1) is 0 Å². The third kappa shape index (κ3) is 7.44. The molecule has 1 aromatic heterocycles. The van der Waals surface area contributed by atoms with Crippen LogP contribution in [0.5, 0.6) is 0 Å². The molecule has 32 heavy (non-hydrogen) atoms. The lowest BCUT2D eigenvalue weighted by Gasteiger charge is -2.06. The molecule has 0 aliphatic carbocycles. The Hall–Kier alpha value is -4.41. The van der Waals surface area contributed by atoms with Gasteiger partial charge in [-0.05, 0) is 42.7 Å². The second-order valence-electron chi connectivity index (χ2n) is 6.49. The van der Waals surface area contributed by atoms with E-state index >= 15 is 0 Å². The molecular weight excluding hydrogens is 416 g/mol. The zero-order chi connectivity index (χ0) is 23.3. The molecule has 0 spiro atoms. The number of benzene rings is 1. The van der Waals surface area contributed by atoms with Crippen LogP contribution in [0.4, 0.5) is 17.1 Å². The predicted octanol–water partition coefficient (Wildman–Crippen LogP) is 4.17. The van der Waals surface area contributed by atoms with Crippen LogP contribution >= 0.6 is 0 Å². The first-order valence-electron chi connectivity index (χ1n) is 9.71. The Morgan fingerprint density at radius 1 is 1.22 bits per heavy atom. The maximum Gasteiger partial charge on any atom is 0.301 e. The molecule has 0 atom stereocenters. The standard InChI is InChI=1S/C21H22N6O5/c1-2-3-6-16(14-24-25-21(28)17-8-5-11-22-15-17)7-4-12-23-19-10-9-18(26(29)30)13-20(19)27(31)32/h4-5,7-15,24H,2-3,6H2,1H3,(H,25,28)/b7-4-,16-14+,23-12?. The van der Waals surface area contributed by atoms with Crippen molar-refractivity contribution >= 4 is 29.2 Å². The Bertz CT molecular complexity index is 1050. The molecule has 1 aromatic carbocycles. The van der Waals surface area contributed by atoms with Crippen molar-refractivity contribution in [1.29, 1.82) is 0 Å². The number of nitrogens with one attached hydrogen (secondary N) is 2. The van der Waals surface area contributed by atoms with Crippen molar-refractivity contribution in [3.05, 3.63) is 92.4 Å². The summed E-state index contributed by atoms with van der Waals surface area (Å²) in [6.45, 7) is 2.05. The molecule has 0 saturated carbocycles. The number of non-ortho nitro benzene ring substituents is 1. The fourth-order valence-corrected chi connectivity index (χ4v) is 2.52. The topological polar surface area (TPSA) is 153 Å². The number of hydrazine groups is 1. The smallest absolute Gasteiger partial charge is 0.301 e. The van der Waals surface area contributed by atoms with E-state index in [1.807, 2.05) is 6.92 Å². The highest BCUT2D eigenvalue weighted by Crippen LogP contribution is 2.30. The molecule has 166 valence electrons. The van der Waals surface area contributed by atoms with Crippen molar-refractivity contribution in [1.82, 2.24) is 15.8 Å². The maximum atomic E-state index is 12.0. The van der Waals surface area contributed by atoms with Crippen LogP contribution in [-0.2, 0) is 0 Å². The van der Waals surface area contributed by atoms with Crippen LogP contribution in [0.3, 0.4) is 0 Å². The molecule has 1 heterocycles. The number of unbranched alkanes of at least 4 members (excludes halogenated alkanes) is 1. The summed E-state index contributed by atoms with van der Waals surface area (Å²) in [5.41, 5.74) is 5.76. The average molecular weight is 438 g/mol. The summed E-state index contributed by atoms with van der Waals surface area (Å²) in [5, 5.41) is 22.0. The number of carbonyl (C=O) groups excluding carboxylic acids is 1. The Morgan fingerprint density at radius 2 is 2.03 bits per heavy atom. The molecular formula is C21H22N6O5. The number of pyridine rings is 1. The summed E-state index contributed by atoms with van der Waals surface area (Å²) >= 11 is 0. The summed E-state index contributed by atoms with van der Waals surface area (Å²) < 4.78 is 0. The van der Waals surface area contributed by atoms with Gasteiger partial charge < -0.3 is 5.43 Å². The SMILES string of the molecule is CCCCC(/C=C\C=Nc1ccc([N+](=O)[O-])cc1[N+](=O)[O-])=C\NNC(=O)c1cccnc1. The van der Waals surface area contributed by atoms with E-state index in [9.17, 15) is 25.0 Å². The van der Waals surface area contributed by atoms with Gasteiger partial charge in [0.15, 0.2) is 0 Å². The third-order valence-electron chi connectivity index (χ3n) is 4.16. The molecule has 0 radical (unpaired) electrons. The lowest BCUT2D eigenvalue weighted by Crippen LogP contribution is -2.33. The van der Waals surface area contributed by atoms with Gasteiger partial charge in [0.25, 0.3) is 11.6 Å². The van der Waals surface area contributed by atoms with Gasteiger partial charge in [0.05, 0.1) is 21.5 Å². The van der Waals surface area contributed by atoms with Crippen molar-refractivity contribution in [2.24, 2.45) is 4.99 Å². The van der Waals surface area contributed by atoms with Gasteiger partial charge >= 0.3 is 5.69 Å². The number of hydrogen-bond donors (Lipinski definition) is 2. The number of carbonyl (C=O) groups is 1. The van der Waals surface area contributed by atoms with Crippen LogP contribution in [0.25, 0.3) is 0 Å². The van der Waals surface area contributed by atoms with E-state index in [1.54, 1.807) is 36.7 Å². The zero-order valence-electron chi connectivity index (χ0n) is 17.3. The monoisotopic (exact) mass is 438 g/mol. The van der Waals surface area contributed by atoms with E-state index in [-0.39, 0.29) is 17.3 Å². The van der Waals surface area contributed by atoms with Crippen LogP contribution in [-0.4, -0.2) is 27.0 Å².